The summed E-state index contributed by atoms with van der Waals surface area (Å²) in [5.41, 5.74) is 8.43. The molecule has 2 aliphatic rings. The second kappa shape index (κ2) is 8.78. The van der Waals surface area contributed by atoms with E-state index in [9.17, 15) is 9.90 Å². The van der Waals surface area contributed by atoms with Gasteiger partial charge in [0.15, 0.2) is 5.60 Å². The van der Waals surface area contributed by atoms with Crippen LogP contribution in [0.4, 0.5) is 5.95 Å². The molecule has 0 unspecified atom stereocenters. The van der Waals surface area contributed by atoms with E-state index in [1.54, 1.807) is 11.1 Å². The highest BCUT2D eigenvalue weighted by Gasteiger charge is 2.46. The van der Waals surface area contributed by atoms with Gasteiger partial charge in [-0.15, -0.1) is 0 Å². The number of carbonyl (C=O) groups is 1. The fourth-order valence-corrected chi connectivity index (χ4v) is 4.57. The Hall–Kier alpha value is -4.21. The number of aromatic nitrogens is 3. The molecule has 0 spiro atoms. The summed E-state index contributed by atoms with van der Waals surface area (Å²) in [6.45, 7) is 0.995. The highest BCUT2D eigenvalue weighted by atomic mass is 16.5. The van der Waals surface area contributed by atoms with E-state index in [1.165, 1.54) is 0 Å². The van der Waals surface area contributed by atoms with Gasteiger partial charge in [-0.1, -0.05) is 24.3 Å². The Morgan fingerprint density at radius 2 is 1.81 bits per heavy atom. The number of rotatable bonds is 5. The van der Waals surface area contributed by atoms with Crippen LogP contribution >= 0.6 is 0 Å². The van der Waals surface area contributed by atoms with Crippen LogP contribution in [0.1, 0.15) is 12.1 Å². The molecule has 0 aliphatic carbocycles. The number of imidazole rings is 1. The third-order valence-corrected chi connectivity index (χ3v) is 6.55. The zero-order chi connectivity index (χ0) is 24.7. The maximum Gasteiger partial charge on any atom is 0.259 e. The number of nitrogens with two attached hydrogens (primary N) is 1. The maximum atomic E-state index is 12.6. The van der Waals surface area contributed by atoms with Crippen molar-refractivity contribution in [2.75, 3.05) is 32.0 Å². The van der Waals surface area contributed by atoms with Gasteiger partial charge in [-0.3, -0.25) is 9.20 Å². The van der Waals surface area contributed by atoms with Crippen molar-refractivity contribution in [3.8, 4) is 22.9 Å². The molecule has 0 atom stereocenters. The highest BCUT2D eigenvalue weighted by molar-refractivity contribution is 5.88. The Bertz CT molecular complexity index is 1460. The van der Waals surface area contributed by atoms with E-state index in [-0.39, 0.29) is 19.1 Å². The van der Waals surface area contributed by atoms with Gasteiger partial charge in [0.25, 0.3) is 5.91 Å². The van der Waals surface area contributed by atoms with Crippen LogP contribution in [0.15, 0.2) is 72.9 Å². The van der Waals surface area contributed by atoms with Gasteiger partial charge in [0.2, 0.25) is 5.95 Å². The van der Waals surface area contributed by atoms with E-state index in [2.05, 4.69) is 4.98 Å². The maximum absolute atomic E-state index is 12.6. The van der Waals surface area contributed by atoms with Crippen LogP contribution in [-0.4, -0.2) is 62.2 Å². The standard InChI is InChI=1S/C27H25N5O4/c28-26-29-13-10-22-23(18-11-14-31(15-12-18)25(33)27(34)16-35-17-27)30-24(32(22)26)19-6-8-21(9-7-19)36-20-4-2-1-3-5-20/h1-11,13,34H,12,14-17H2,(H2,28,29). The quantitative estimate of drug-likeness (QED) is 0.448. The average molecular weight is 484 g/mol. The number of aliphatic hydroxyl groups is 1. The van der Waals surface area contributed by atoms with E-state index in [4.69, 9.17) is 20.2 Å². The molecule has 2 aliphatic heterocycles. The van der Waals surface area contributed by atoms with Crippen molar-refractivity contribution < 1.29 is 19.4 Å². The monoisotopic (exact) mass is 483 g/mol. The van der Waals surface area contributed by atoms with Crippen molar-refractivity contribution in [2.24, 2.45) is 0 Å². The van der Waals surface area contributed by atoms with Crippen LogP contribution in [-0.2, 0) is 9.53 Å². The lowest BCUT2D eigenvalue weighted by molar-refractivity contribution is -0.199. The van der Waals surface area contributed by atoms with Gasteiger partial charge in [0.1, 0.15) is 17.3 Å². The van der Waals surface area contributed by atoms with Crippen molar-refractivity contribution in [3.63, 3.8) is 0 Å². The minimum Gasteiger partial charge on any atom is -0.457 e. The number of nitrogens with zero attached hydrogens (tertiary/aromatic N) is 4. The van der Waals surface area contributed by atoms with Crippen molar-refractivity contribution in [1.29, 1.82) is 0 Å². The van der Waals surface area contributed by atoms with Crippen molar-refractivity contribution in [3.05, 3.63) is 78.6 Å². The van der Waals surface area contributed by atoms with Crippen LogP contribution in [0.25, 0.3) is 22.5 Å². The van der Waals surface area contributed by atoms with Crippen molar-refractivity contribution >= 4 is 22.9 Å². The smallest absolute Gasteiger partial charge is 0.259 e. The van der Waals surface area contributed by atoms with Crippen LogP contribution in [0.2, 0.25) is 0 Å². The van der Waals surface area contributed by atoms with Crippen LogP contribution in [0.5, 0.6) is 11.5 Å². The Morgan fingerprint density at radius 3 is 2.47 bits per heavy atom. The third-order valence-electron chi connectivity index (χ3n) is 6.55. The number of para-hydroxylation sites is 1. The van der Waals surface area contributed by atoms with Gasteiger partial charge < -0.3 is 25.2 Å². The number of nitrogen functional groups attached to an aromatic ring is 1. The Kier molecular flexibility index (Phi) is 5.43. The number of anilines is 1. The minimum atomic E-state index is -1.39. The number of amides is 1. The molecule has 2 aromatic heterocycles. The molecule has 9 nitrogen and oxygen atoms in total. The SMILES string of the molecule is Nc1nccc2c(C3=CCN(C(=O)C4(O)COC4)CC3)nc(-c3ccc(Oc4ccccc4)cc3)n12. The van der Waals surface area contributed by atoms with Crippen molar-refractivity contribution in [2.45, 2.75) is 12.0 Å². The molecule has 1 saturated heterocycles. The van der Waals surface area contributed by atoms with Gasteiger partial charge in [0, 0.05) is 24.8 Å². The molecular formula is C27H25N5O4. The van der Waals surface area contributed by atoms with E-state index < -0.39 is 5.60 Å². The summed E-state index contributed by atoms with van der Waals surface area (Å²) >= 11 is 0. The van der Waals surface area contributed by atoms with Gasteiger partial charge in [-0.2, -0.15) is 0 Å². The molecule has 1 fully saturated rings. The number of carbonyl (C=O) groups excluding carboxylic acids is 1. The summed E-state index contributed by atoms with van der Waals surface area (Å²) in [6, 6.07) is 19.2. The lowest BCUT2D eigenvalue weighted by Crippen LogP contribution is -2.61. The van der Waals surface area contributed by atoms with Gasteiger partial charge in [0.05, 0.1) is 24.4 Å². The molecule has 182 valence electrons. The molecule has 2 aromatic carbocycles. The van der Waals surface area contributed by atoms with E-state index >= 15 is 0 Å². The predicted molar refractivity (Wildman–Crippen MR) is 134 cm³/mol. The molecule has 4 heterocycles. The third kappa shape index (κ3) is 3.88. The molecule has 1 amide bonds. The topological polar surface area (TPSA) is 115 Å². The molecule has 9 heteroatoms. The second-order valence-electron chi connectivity index (χ2n) is 9.00. The van der Waals surface area contributed by atoms with Crippen LogP contribution < -0.4 is 10.5 Å². The number of hydrogen-bond acceptors (Lipinski definition) is 7. The zero-order valence-electron chi connectivity index (χ0n) is 19.5. The molecule has 3 N–H and O–H groups in total. The number of hydrogen-bond donors (Lipinski definition) is 2. The first-order chi connectivity index (χ1) is 17.5. The summed E-state index contributed by atoms with van der Waals surface area (Å²) in [4.78, 5) is 23.5. The Morgan fingerprint density at radius 1 is 1.06 bits per heavy atom. The lowest BCUT2D eigenvalue weighted by Gasteiger charge is -2.39. The van der Waals surface area contributed by atoms with E-state index in [0.29, 0.717) is 31.3 Å². The van der Waals surface area contributed by atoms with Crippen LogP contribution in [0.3, 0.4) is 0 Å². The lowest BCUT2D eigenvalue weighted by atomic mass is 9.98. The van der Waals surface area contributed by atoms with Gasteiger partial charge in [-0.25, -0.2) is 9.97 Å². The number of fused-ring (bicyclic) bond motifs is 1. The largest absolute Gasteiger partial charge is 0.457 e. The molecule has 4 aromatic rings. The zero-order valence-corrected chi connectivity index (χ0v) is 19.5. The molecule has 0 bridgehead atoms. The summed E-state index contributed by atoms with van der Waals surface area (Å²) in [5.74, 6) is 2.21. The number of benzene rings is 2. The molecular weight excluding hydrogens is 458 g/mol. The first-order valence-electron chi connectivity index (χ1n) is 11.8. The summed E-state index contributed by atoms with van der Waals surface area (Å²) < 4.78 is 12.8. The predicted octanol–water partition coefficient (Wildman–Crippen LogP) is 3.15. The fraction of sp³-hybridized carbons (Fsp3) is 0.222. The average Bonchev–Trinajstić information content (AvgIpc) is 3.29. The molecule has 0 saturated carbocycles. The second-order valence-corrected chi connectivity index (χ2v) is 9.00. The van der Waals surface area contributed by atoms with Gasteiger partial charge >= 0.3 is 0 Å². The summed E-state index contributed by atoms with van der Waals surface area (Å²) in [6.07, 6.45) is 4.27. The Labute approximate surface area is 207 Å². The van der Waals surface area contributed by atoms with Crippen molar-refractivity contribution in [1.82, 2.24) is 19.3 Å². The molecule has 0 radical (unpaired) electrons. The van der Waals surface area contributed by atoms with Crippen LogP contribution in [0, 0.1) is 0 Å². The highest BCUT2D eigenvalue weighted by Crippen LogP contribution is 2.33. The first kappa shape index (κ1) is 22.3. The summed E-state index contributed by atoms with van der Waals surface area (Å²) in [7, 11) is 0. The normalized spacial score (nSPS) is 16.9. The molecule has 36 heavy (non-hydrogen) atoms. The van der Waals surface area contributed by atoms with Gasteiger partial charge in [-0.05, 0) is 54.5 Å². The fourth-order valence-electron chi connectivity index (χ4n) is 4.57. The van der Waals surface area contributed by atoms with E-state index in [0.717, 1.165) is 33.8 Å². The number of ether oxygens (including phenoxy) is 2. The minimum absolute atomic E-state index is 0.0510. The Balaban J connectivity index is 1.30. The molecule has 6 rings (SSSR count). The summed E-state index contributed by atoms with van der Waals surface area (Å²) in [5, 5.41) is 10.3. The van der Waals surface area contributed by atoms with E-state index in [1.807, 2.05) is 71.1 Å². The first-order valence-corrected chi connectivity index (χ1v) is 11.8.